The summed E-state index contributed by atoms with van der Waals surface area (Å²) in [4.78, 5) is 0. The molecule has 0 radical (unpaired) electrons. The Balaban J connectivity index is 0.000000309. The van der Waals surface area contributed by atoms with Gasteiger partial charge in [-0.2, -0.15) is 0 Å². The van der Waals surface area contributed by atoms with E-state index < -0.39 is 8.56 Å². The summed E-state index contributed by atoms with van der Waals surface area (Å²) in [6.07, 6.45) is 6.77. The van der Waals surface area contributed by atoms with E-state index in [9.17, 15) is 0 Å². The molecular formula is C22H41NO3Si. The Labute approximate surface area is 168 Å². The summed E-state index contributed by atoms with van der Waals surface area (Å²) in [7, 11) is -2.21. The lowest BCUT2D eigenvalue weighted by molar-refractivity contribution is -0.0426. The van der Waals surface area contributed by atoms with Crippen molar-refractivity contribution < 1.29 is 13.6 Å². The third-order valence-corrected chi connectivity index (χ3v) is 9.95. The first kappa shape index (κ1) is 24.3. The van der Waals surface area contributed by atoms with Gasteiger partial charge < -0.3 is 19.3 Å². The summed E-state index contributed by atoms with van der Waals surface area (Å²) in [5, 5.41) is -0.119. The summed E-state index contributed by atoms with van der Waals surface area (Å²) in [6, 6.07) is 11.5. The predicted molar refractivity (Wildman–Crippen MR) is 116 cm³/mol. The minimum atomic E-state index is -2.21. The molecule has 1 unspecified atom stereocenters. The van der Waals surface area contributed by atoms with Crippen LogP contribution in [-0.4, -0.2) is 40.2 Å². The minimum absolute atomic E-state index is 0.119. The third-order valence-electron chi connectivity index (χ3n) is 5.29. The molecule has 0 aromatic heterocycles. The molecule has 5 heteroatoms. The Morgan fingerprint density at radius 3 is 2.15 bits per heavy atom. The monoisotopic (exact) mass is 395 g/mol. The van der Waals surface area contributed by atoms with Crippen LogP contribution in [0.3, 0.4) is 0 Å². The topological polar surface area (TPSA) is 53.7 Å². The van der Waals surface area contributed by atoms with E-state index in [1.54, 1.807) is 0 Å². The van der Waals surface area contributed by atoms with Gasteiger partial charge in [0.1, 0.15) is 5.22 Å². The number of hydrogen-bond donors (Lipinski definition) is 1. The zero-order valence-corrected chi connectivity index (χ0v) is 19.0. The molecule has 2 N–H and O–H groups in total. The Morgan fingerprint density at radius 2 is 1.63 bits per heavy atom. The van der Waals surface area contributed by atoms with E-state index in [0.29, 0.717) is 0 Å². The normalized spacial score (nSPS) is 21.4. The number of rotatable bonds is 10. The first-order chi connectivity index (χ1) is 13.1. The number of aryl methyl sites for hydroxylation is 1. The SMILES string of the molecule is CCOC1(CC)CCCC[Si]1(OCC)OCC.NCCCc1ccccc1. The van der Waals surface area contributed by atoms with Crippen molar-refractivity contribution in [2.45, 2.75) is 77.5 Å². The van der Waals surface area contributed by atoms with Crippen molar-refractivity contribution in [2.75, 3.05) is 26.4 Å². The quantitative estimate of drug-likeness (QED) is 0.567. The molecule has 1 aromatic carbocycles. The van der Waals surface area contributed by atoms with Crippen LogP contribution in [0.4, 0.5) is 0 Å². The first-order valence-electron chi connectivity index (χ1n) is 10.8. The standard InChI is InChI=1S/C13H28O3Si.C9H13N/c1-5-13(14-6-2)11-9-10-12-17(13,15-7-3)16-8-4;10-8-4-7-9-5-2-1-3-6-9/h5-12H2,1-4H3;1-3,5-6H,4,7-8,10H2. The molecule has 0 amide bonds. The molecule has 2 rings (SSSR count). The molecule has 4 nitrogen and oxygen atoms in total. The van der Waals surface area contributed by atoms with Gasteiger partial charge in [0, 0.05) is 19.8 Å². The zero-order chi connectivity index (χ0) is 20.0. The lowest BCUT2D eigenvalue weighted by Crippen LogP contribution is -2.65. The Bertz CT molecular complexity index is 470. The van der Waals surface area contributed by atoms with E-state index >= 15 is 0 Å². The van der Waals surface area contributed by atoms with Crippen molar-refractivity contribution in [3.8, 4) is 0 Å². The largest absolute Gasteiger partial charge is 0.393 e. The van der Waals surface area contributed by atoms with Gasteiger partial charge in [-0.3, -0.25) is 0 Å². The number of nitrogens with two attached hydrogens (primary N) is 1. The van der Waals surface area contributed by atoms with Gasteiger partial charge in [-0.05, 0) is 64.6 Å². The van der Waals surface area contributed by atoms with Crippen LogP contribution in [-0.2, 0) is 20.0 Å². The smallest absolute Gasteiger partial charge is 0.371 e. The summed E-state index contributed by atoms with van der Waals surface area (Å²) in [5.41, 5.74) is 6.76. The van der Waals surface area contributed by atoms with E-state index in [0.717, 1.165) is 58.1 Å². The molecule has 0 bridgehead atoms. The minimum Gasteiger partial charge on any atom is -0.393 e. The van der Waals surface area contributed by atoms with Crippen LogP contribution in [0.5, 0.6) is 0 Å². The second-order valence-corrected chi connectivity index (χ2v) is 10.5. The first-order valence-corrected chi connectivity index (χ1v) is 12.8. The maximum Gasteiger partial charge on any atom is 0.371 e. The van der Waals surface area contributed by atoms with Crippen molar-refractivity contribution in [3.05, 3.63) is 35.9 Å². The van der Waals surface area contributed by atoms with E-state index in [-0.39, 0.29) is 5.22 Å². The zero-order valence-electron chi connectivity index (χ0n) is 18.0. The number of benzene rings is 1. The summed E-state index contributed by atoms with van der Waals surface area (Å²) >= 11 is 0. The Hall–Kier alpha value is -0.723. The molecule has 1 aliphatic rings. The van der Waals surface area contributed by atoms with Crippen molar-refractivity contribution in [1.29, 1.82) is 0 Å². The molecule has 1 aliphatic heterocycles. The highest BCUT2D eigenvalue weighted by Crippen LogP contribution is 2.42. The van der Waals surface area contributed by atoms with Crippen LogP contribution in [0.1, 0.15) is 65.4 Å². The van der Waals surface area contributed by atoms with Gasteiger partial charge in [-0.25, -0.2) is 0 Å². The summed E-state index contributed by atoms with van der Waals surface area (Å²) in [5.74, 6) is 0. The fourth-order valence-electron chi connectivity index (χ4n) is 4.06. The molecule has 0 saturated carbocycles. The summed E-state index contributed by atoms with van der Waals surface area (Å²) in [6.45, 7) is 11.4. The van der Waals surface area contributed by atoms with Crippen LogP contribution in [0.25, 0.3) is 0 Å². The van der Waals surface area contributed by atoms with Crippen LogP contribution >= 0.6 is 0 Å². The Morgan fingerprint density at radius 1 is 0.963 bits per heavy atom. The molecule has 156 valence electrons. The molecule has 1 atom stereocenters. The lowest BCUT2D eigenvalue weighted by atomic mass is 10.1. The van der Waals surface area contributed by atoms with Crippen molar-refractivity contribution >= 4 is 8.56 Å². The molecule has 0 aliphatic carbocycles. The highest BCUT2D eigenvalue weighted by molar-refractivity contribution is 6.70. The van der Waals surface area contributed by atoms with Gasteiger partial charge in [0.25, 0.3) is 0 Å². The maximum atomic E-state index is 6.16. The molecule has 1 heterocycles. The van der Waals surface area contributed by atoms with E-state index in [2.05, 4.69) is 52.0 Å². The van der Waals surface area contributed by atoms with E-state index in [4.69, 9.17) is 19.3 Å². The highest BCUT2D eigenvalue weighted by Gasteiger charge is 2.58. The maximum absolute atomic E-state index is 6.16. The number of hydrogen-bond acceptors (Lipinski definition) is 4. The second-order valence-electron chi connectivity index (χ2n) is 6.98. The van der Waals surface area contributed by atoms with Crippen molar-refractivity contribution in [1.82, 2.24) is 0 Å². The lowest BCUT2D eigenvalue weighted by Gasteiger charge is -2.49. The fraction of sp³-hybridized carbons (Fsp3) is 0.727. The van der Waals surface area contributed by atoms with Gasteiger partial charge in [-0.1, -0.05) is 50.1 Å². The Kier molecular flexibility index (Phi) is 12.1. The number of ether oxygens (including phenoxy) is 1. The van der Waals surface area contributed by atoms with E-state index in [1.165, 1.54) is 18.4 Å². The molecule has 1 fully saturated rings. The average molecular weight is 396 g/mol. The van der Waals surface area contributed by atoms with Gasteiger partial charge in [-0.15, -0.1) is 0 Å². The van der Waals surface area contributed by atoms with Crippen LogP contribution in [0.15, 0.2) is 30.3 Å². The molecule has 0 spiro atoms. The molecule has 27 heavy (non-hydrogen) atoms. The second kappa shape index (κ2) is 13.5. The molecular weight excluding hydrogens is 354 g/mol. The molecule has 1 saturated heterocycles. The van der Waals surface area contributed by atoms with E-state index in [1.807, 2.05) is 6.07 Å². The molecule has 1 aromatic rings. The van der Waals surface area contributed by atoms with Crippen LogP contribution < -0.4 is 5.73 Å². The predicted octanol–water partition coefficient (Wildman–Crippen LogP) is 4.99. The van der Waals surface area contributed by atoms with Gasteiger partial charge in [0.05, 0.1) is 0 Å². The fourth-order valence-corrected chi connectivity index (χ4v) is 8.52. The average Bonchev–Trinajstić information content (AvgIpc) is 2.70. The summed E-state index contributed by atoms with van der Waals surface area (Å²) < 4.78 is 18.5. The van der Waals surface area contributed by atoms with Crippen LogP contribution in [0.2, 0.25) is 6.04 Å². The van der Waals surface area contributed by atoms with Crippen molar-refractivity contribution in [2.24, 2.45) is 5.73 Å². The van der Waals surface area contributed by atoms with Crippen molar-refractivity contribution in [3.63, 3.8) is 0 Å². The van der Waals surface area contributed by atoms with Gasteiger partial charge >= 0.3 is 8.56 Å². The third kappa shape index (κ3) is 6.99. The highest BCUT2D eigenvalue weighted by atomic mass is 28.4. The van der Waals surface area contributed by atoms with Gasteiger partial charge in [0.15, 0.2) is 0 Å². The van der Waals surface area contributed by atoms with Gasteiger partial charge in [0.2, 0.25) is 0 Å². The van der Waals surface area contributed by atoms with Crippen LogP contribution in [0, 0.1) is 0 Å².